The monoisotopic (exact) mass is 256 g/mol. The van der Waals surface area contributed by atoms with Gasteiger partial charge in [0.15, 0.2) is 5.75 Å². The number of benzene rings is 1. The van der Waals surface area contributed by atoms with E-state index < -0.39 is 0 Å². The summed E-state index contributed by atoms with van der Waals surface area (Å²) in [6, 6.07) is 8.76. The van der Waals surface area contributed by atoms with Gasteiger partial charge in [0.1, 0.15) is 17.6 Å². The molecule has 0 bridgehead atoms. The van der Waals surface area contributed by atoms with Crippen LogP contribution in [0, 0.1) is 11.3 Å². The van der Waals surface area contributed by atoms with E-state index in [2.05, 4.69) is 4.98 Å². The van der Waals surface area contributed by atoms with E-state index in [0.717, 1.165) is 0 Å². The zero-order valence-electron chi connectivity index (χ0n) is 10.5. The second-order valence-corrected chi connectivity index (χ2v) is 3.74. The first-order valence-electron chi connectivity index (χ1n) is 5.51. The van der Waals surface area contributed by atoms with E-state index >= 15 is 0 Å². The van der Waals surface area contributed by atoms with Crippen LogP contribution in [0.5, 0.6) is 17.2 Å². The smallest absolute Gasteiger partial charge is 0.151 e. The number of hydrogen-bond donors (Lipinski definition) is 1. The lowest BCUT2D eigenvalue weighted by molar-refractivity contribution is 0.397. The van der Waals surface area contributed by atoms with Crippen LogP contribution < -0.4 is 9.47 Å². The van der Waals surface area contributed by atoms with Crippen molar-refractivity contribution in [2.75, 3.05) is 14.2 Å². The maximum absolute atomic E-state index is 9.49. The van der Waals surface area contributed by atoms with E-state index in [4.69, 9.17) is 14.7 Å². The molecule has 96 valence electrons. The predicted molar refractivity (Wildman–Crippen MR) is 69.2 cm³/mol. The molecule has 0 saturated heterocycles. The van der Waals surface area contributed by atoms with Crippen molar-refractivity contribution in [3.05, 3.63) is 36.0 Å². The molecule has 0 aliphatic heterocycles. The number of pyridine rings is 1. The van der Waals surface area contributed by atoms with Gasteiger partial charge in [-0.05, 0) is 18.2 Å². The maximum atomic E-state index is 9.49. The van der Waals surface area contributed by atoms with Gasteiger partial charge in [-0.25, -0.2) is 0 Å². The Kier molecular flexibility index (Phi) is 3.53. The van der Waals surface area contributed by atoms with Crippen LogP contribution in [0.1, 0.15) is 5.56 Å². The molecule has 0 unspecified atom stereocenters. The lowest BCUT2D eigenvalue weighted by atomic mass is 10.1. The fourth-order valence-electron chi connectivity index (χ4n) is 1.78. The zero-order valence-corrected chi connectivity index (χ0v) is 10.5. The van der Waals surface area contributed by atoms with Crippen molar-refractivity contribution < 1.29 is 14.6 Å². The minimum absolute atomic E-state index is 0.151. The molecule has 0 radical (unpaired) electrons. The Bertz CT molecular complexity index is 625. The number of ether oxygens (including phenoxy) is 2. The van der Waals surface area contributed by atoms with Gasteiger partial charge in [0.05, 0.1) is 37.2 Å². The van der Waals surface area contributed by atoms with Crippen LogP contribution in [0.15, 0.2) is 30.5 Å². The normalized spacial score (nSPS) is 9.74. The maximum Gasteiger partial charge on any atom is 0.151 e. The van der Waals surface area contributed by atoms with Gasteiger partial charge in [0, 0.05) is 0 Å². The van der Waals surface area contributed by atoms with Crippen molar-refractivity contribution in [2.24, 2.45) is 0 Å². The molecule has 0 amide bonds. The van der Waals surface area contributed by atoms with Crippen LogP contribution >= 0.6 is 0 Å². The molecule has 0 spiro atoms. The van der Waals surface area contributed by atoms with Gasteiger partial charge in [0.2, 0.25) is 0 Å². The van der Waals surface area contributed by atoms with E-state index in [0.29, 0.717) is 22.8 Å². The molecule has 0 atom stereocenters. The highest BCUT2D eigenvalue weighted by atomic mass is 16.5. The molecule has 2 aromatic rings. The summed E-state index contributed by atoms with van der Waals surface area (Å²) in [5.74, 6) is 1.02. The minimum Gasteiger partial charge on any atom is -0.505 e. The third-order valence-corrected chi connectivity index (χ3v) is 2.69. The highest BCUT2D eigenvalue weighted by Crippen LogP contribution is 2.38. The highest BCUT2D eigenvalue weighted by Gasteiger charge is 2.15. The molecule has 5 nitrogen and oxygen atoms in total. The van der Waals surface area contributed by atoms with Crippen LogP contribution in [0.3, 0.4) is 0 Å². The summed E-state index contributed by atoms with van der Waals surface area (Å²) in [4.78, 5) is 4.11. The number of aromatic hydroxyl groups is 1. The standard InChI is InChI=1S/C14H12N2O3/c1-18-12-4-3-5-13(19-2)14(12)10-6-9(7-15)11(17)8-16-10/h3-6,8,17H,1-2H3. The molecule has 5 heteroatoms. The molecule has 1 N–H and O–H groups in total. The lowest BCUT2D eigenvalue weighted by Crippen LogP contribution is -1.95. The number of methoxy groups -OCH3 is 2. The molecular formula is C14H12N2O3. The van der Waals surface area contributed by atoms with Gasteiger partial charge in [-0.2, -0.15) is 5.26 Å². The summed E-state index contributed by atoms with van der Waals surface area (Å²) in [6.07, 6.45) is 1.24. The first kappa shape index (κ1) is 12.7. The fourth-order valence-corrected chi connectivity index (χ4v) is 1.78. The average Bonchev–Trinajstić information content (AvgIpc) is 2.47. The first-order chi connectivity index (χ1) is 9.21. The van der Waals surface area contributed by atoms with E-state index in [1.165, 1.54) is 12.3 Å². The summed E-state index contributed by atoms with van der Waals surface area (Å²) < 4.78 is 10.6. The van der Waals surface area contributed by atoms with Gasteiger partial charge >= 0.3 is 0 Å². The molecule has 0 aliphatic carbocycles. The van der Waals surface area contributed by atoms with Crippen molar-refractivity contribution >= 4 is 0 Å². The van der Waals surface area contributed by atoms with Crippen molar-refractivity contribution in [1.82, 2.24) is 4.98 Å². The van der Waals surface area contributed by atoms with Crippen molar-refractivity contribution in [1.29, 1.82) is 5.26 Å². The largest absolute Gasteiger partial charge is 0.505 e. The van der Waals surface area contributed by atoms with Crippen LogP contribution in [0.25, 0.3) is 11.3 Å². The van der Waals surface area contributed by atoms with Gasteiger partial charge in [0.25, 0.3) is 0 Å². The van der Waals surface area contributed by atoms with Crippen LogP contribution in [-0.4, -0.2) is 24.3 Å². The van der Waals surface area contributed by atoms with E-state index in [-0.39, 0.29) is 11.3 Å². The van der Waals surface area contributed by atoms with Gasteiger partial charge in [-0.1, -0.05) is 6.07 Å². The third kappa shape index (κ3) is 2.29. The summed E-state index contributed by atoms with van der Waals surface area (Å²) in [7, 11) is 3.09. The van der Waals surface area contributed by atoms with E-state index in [1.807, 2.05) is 6.07 Å². The minimum atomic E-state index is -0.153. The summed E-state index contributed by atoms with van der Waals surface area (Å²) in [5.41, 5.74) is 1.30. The Morgan fingerprint density at radius 3 is 2.37 bits per heavy atom. The Balaban J connectivity index is 2.68. The predicted octanol–water partition coefficient (Wildman–Crippen LogP) is 2.34. The molecule has 0 aliphatic rings. The van der Waals surface area contributed by atoms with Crippen LogP contribution in [0.2, 0.25) is 0 Å². The summed E-state index contributed by atoms with van der Waals surface area (Å²) in [6.45, 7) is 0. The SMILES string of the molecule is COc1cccc(OC)c1-c1cc(C#N)c(O)cn1. The van der Waals surface area contributed by atoms with Crippen LogP contribution in [-0.2, 0) is 0 Å². The molecule has 2 rings (SSSR count). The Morgan fingerprint density at radius 1 is 1.21 bits per heavy atom. The molecular weight excluding hydrogens is 244 g/mol. The van der Waals surface area contributed by atoms with E-state index in [9.17, 15) is 5.11 Å². The average molecular weight is 256 g/mol. The fraction of sp³-hybridized carbons (Fsp3) is 0.143. The number of hydrogen-bond acceptors (Lipinski definition) is 5. The van der Waals surface area contributed by atoms with Crippen molar-refractivity contribution in [3.63, 3.8) is 0 Å². The summed E-state index contributed by atoms with van der Waals surface area (Å²) in [5, 5.41) is 18.4. The molecule has 1 aromatic carbocycles. The molecule has 19 heavy (non-hydrogen) atoms. The highest BCUT2D eigenvalue weighted by molar-refractivity contribution is 5.75. The number of aromatic nitrogens is 1. The lowest BCUT2D eigenvalue weighted by Gasteiger charge is -2.12. The second kappa shape index (κ2) is 5.27. The van der Waals surface area contributed by atoms with Crippen molar-refractivity contribution in [2.45, 2.75) is 0 Å². The molecule has 1 aromatic heterocycles. The molecule has 1 heterocycles. The third-order valence-electron chi connectivity index (χ3n) is 2.69. The molecule has 0 fully saturated rings. The van der Waals surface area contributed by atoms with Gasteiger partial charge in [-0.3, -0.25) is 4.98 Å². The van der Waals surface area contributed by atoms with Crippen molar-refractivity contribution in [3.8, 4) is 34.6 Å². The number of nitriles is 1. The topological polar surface area (TPSA) is 75.4 Å². The Labute approximate surface area is 110 Å². The Morgan fingerprint density at radius 2 is 1.84 bits per heavy atom. The van der Waals surface area contributed by atoms with E-state index in [1.54, 1.807) is 32.4 Å². The number of rotatable bonds is 3. The second-order valence-electron chi connectivity index (χ2n) is 3.74. The van der Waals surface area contributed by atoms with Gasteiger partial charge in [-0.15, -0.1) is 0 Å². The zero-order chi connectivity index (χ0) is 13.8. The quantitative estimate of drug-likeness (QED) is 0.912. The first-order valence-corrected chi connectivity index (χ1v) is 5.51. The summed E-state index contributed by atoms with van der Waals surface area (Å²) >= 11 is 0. The molecule has 0 saturated carbocycles. The van der Waals surface area contributed by atoms with Gasteiger partial charge < -0.3 is 14.6 Å². The number of nitrogens with zero attached hydrogens (tertiary/aromatic N) is 2. The Hall–Kier alpha value is -2.74. The van der Waals surface area contributed by atoms with Crippen LogP contribution in [0.4, 0.5) is 0 Å².